The quantitative estimate of drug-likeness (QED) is 0.885. The van der Waals surface area contributed by atoms with Crippen molar-refractivity contribution in [1.82, 2.24) is 10.4 Å². The number of nitriles is 1. The van der Waals surface area contributed by atoms with Gasteiger partial charge in [0.05, 0.1) is 13.2 Å². The van der Waals surface area contributed by atoms with E-state index in [0.717, 1.165) is 17.7 Å². The Balaban J connectivity index is 2.39. The summed E-state index contributed by atoms with van der Waals surface area (Å²) >= 11 is 0. The van der Waals surface area contributed by atoms with Crippen LogP contribution in [0.15, 0.2) is 30.5 Å². The van der Waals surface area contributed by atoms with Gasteiger partial charge in [-0.2, -0.15) is 10.3 Å². The summed E-state index contributed by atoms with van der Waals surface area (Å²) in [6.07, 6.45) is 0.778. The van der Waals surface area contributed by atoms with E-state index in [1.54, 1.807) is 12.1 Å². The van der Waals surface area contributed by atoms with Crippen LogP contribution in [0, 0.1) is 11.3 Å². The molecule has 0 saturated carbocycles. The number of methoxy groups -OCH3 is 1. The van der Waals surface area contributed by atoms with Gasteiger partial charge in [0, 0.05) is 17.7 Å². The van der Waals surface area contributed by atoms with Crippen LogP contribution in [0.3, 0.4) is 0 Å². The summed E-state index contributed by atoms with van der Waals surface area (Å²) in [5, 5.41) is 21.1. The van der Waals surface area contributed by atoms with Crippen LogP contribution >= 0.6 is 0 Å². The molecule has 1 saturated heterocycles. The molecular weight excluding hydrogens is 254 g/mol. The number of hydrazine groups is 1. The van der Waals surface area contributed by atoms with Crippen LogP contribution in [0.4, 0.5) is 0 Å². The molecule has 1 aliphatic heterocycles. The summed E-state index contributed by atoms with van der Waals surface area (Å²) in [6, 6.07) is 6.75. The van der Waals surface area contributed by atoms with Crippen LogP contribution in [0.2, 0.25) is 0 Å². The molecule has 1 aromatic rings. The molecule has 1 aromatic carbocycles. The number of phenolic OH excluding ortho intramolecular Hbond substituents is 1. The first-order chi connectivity index (χ1) is 9.39. The zero-order valence-corrected chi connectivity index (χ0v) is 12.0. The highest BCUT2D eigenvalue weighted by molar-refractivity contribution is 5.44. The van der Waals surface area contributed by atoms with Gasteiger partial charge < -0.3 is 15.3 Å². The smallest absolute Gasteiger partial charge is 0.160 e. The number of nitrogens with one attached hydrogen (secondary N) is 1. The molecule has 1 heterocycles. The van der Waals surface area contributed by atoms with Gasteiger partial charge >= 0.3 is 0 Å². The Bertz CT molecular complexity index is 575. The fraction of sp³-hybridized carbons (Fsp3) is 0.400. The lowest BCUT2D eigenvalue weighted by Crippen LogP contribution is -2.45. The molecule has 1 unspecified atom stereocenters. The van der Waals surface area contributed by atoms with Crippen molar-refractivity contribution in [2.45, 2.75) is 31.8 Å². The molecule has 0 aliphatic carbocycles. The standard InChI is InChI=1S/C15H19N3O2/c1-10-8-15(2,3)18(17-10)12(9-16)11-5-6-13(19)14(7-11)20-4/h5-7,12,17,19H,1,8H2,2-4H3. The molecule has 2 rings (SSSR count). The molecule has 1 aliphatic rings. The molecule has 0 spiro atoms. The third-order valence-electron chi connectivity index (χ3n) is 3.48. The van der Waals surface area contributed by atoms with E-state index in [1.165, 1.54) is 13.2 Å². The van der Waals surface area contributed by atoms with Crippen LogP contribution < -0.4 is 10.2 Å². The highest BCUT2D eigenvalue weighted by atomic mass is 16.5. The van der Waals surface area contributed by atoms with E-state index in [1.807, 2.05) is 5.01 Å². The third kappa shape index (κ3) is 2.43. The maximum Gasteiger partial charge on any atom is 0.160 e. The van der Waals surface area contributed by atoms with Crippen molar-refractivity contribution in [2.24, 2.45) is 0 Å². The molecule has 1 atom stereocenters. The zero-order valence-electron chi connectivity index (χ0n) is 12.0. The van der Waals surface area contributed by atoms with Gasteiger partial charge in [0.1, 0.15) is 6.04 Å². The number of ether oxygens (including phenoxy) is 1. The van der Waals surface area contributed by atoms with Gasteiger partial charge in [0.2, 0.25) is 0 Å². The second kappa shape index (κ2) is 5.06. The minimum atomic E-state index is -0.487. The average Bonchev–Trinajstić information content (AvgIpc) is 2.65. The van der Waals surface area contributed by atoms with E-state index in [4.69, 9.17) is 4.74 Å². The first-order valence-corrected chi connectivity index (χ1v) is 6.39. The van der Waals surface area contributed by atoms with Gasteiger partial charge in [-0.25, -0.2) is 0 Å². The number of benzene rings is 1. The monoisotopic (exact) mass is 273 g/mol. The van der Waals surface area contributed by atoms with Crippen molar-refractivity contribution >= 4 is 0 Å². The van der Waals surface area contributed by atoms with Crippen LogP contribution in [0.5, 0.6) is 11.5 Å². The maximum atomic E-state index is 9.65. The molecule has 1 fully saturated rings. The minimum absolute atomic E-state index is 0.0611. The maximum absolute atomic E-state index is 9.65. The Morgan fingerprint density at radius 2 is 2.25 bits per heavy atom. The fourth-order valence-corrected chi connectivity index (χ4v) is 2.53. The molecule has 5 heteroatoms. The van der Waals surface area contributed by atoms with Crippen molar-refractivity contribution in [2.75, 3.05) is 7.11 Å². The van der Waals surface area contributed by atoms with Crippen molar-refractivity contribution in [3.05, 3.63) is 36.0 Å². The Morgan fingerprint density at radius 1 is 1.55 bits per heavy atom. The molecule has 20 heavy (non-hydrogen) atoms. The molecule has 0 amide bonds. The van der Waals surface area contributed by atoms with Crippen LogP contribution in [-0.2, 0) is 0 Å². The van der Waals surface area contributed by atoms with Gasteiger partial charge in [0.25, 0.3) is 0 Å². The number of aromatic hydroxyl groups is 1. The van der Waals surface area contributed by atoms with E-state index >= 15 is 0 Å². The fourth-order valence-electron chi connectivity index (χ4n) is 2.53. The first-order valence-electron chi connectivity index (χ1n) is 6.39. The summed E-state index contributed by atoms with van der Waals surface area (Å²) < 4.78 is 5.10. The van der Waals surface area contributed by atoms with Crippen molar-refractivity contribution in [3.63, 3.8) is 0 Å². The largest absolute Gasteiger partial charge is 0.504 e. The Morgan fingerprint density at radius 3 is 2.75 bits per heavy atom. The lowest BCUT2D eigenvalue weighted by atomic mass is 9.97. The van der Waals surface area contributed by atoms with Crippen LogP contribution in [-0.4, -0.2) is 22.8 Å². The summed E-state index contributed by atoms with van der Waals surface area (Å²) in [6.45, 7) is 8.04. The number of hydrogen-bond acceptors (Lipinski definition) is 5. The molecule has 0 radical (unpaired) electrons. The van der Waals surface area contributed by atoms with E-state index in [2.05, 4.69) is 31.9 Å². The third-order valence-corrected chi connectivity index (χ3v) is 3.48. The molecule has 5 nitrogen and oxygen atoms in total. The summed E-state index contributed by atoms with van der Waals surface area (Å²) in [4.78, 5) is 0. The summed E-state index contributed by atoms with van der Waals surface area (Å²) in [5.74, 6) is 0.421. The molecule has 0 bridgehead atoms. The molecule has 106 valence electrons. The average molecular weight is 273 g/mol. The molecular formula is C15H19N3O2. The van der Waals surface area contributed by atoms with Crippen molar-refractivity contribution < 1.29 is 9.84 Å². The highest BCUT2D eigenvalue weighted by Gasteiger charge is 2.39. The lowest BCUT2D eigenvalue weighted by molar-refractivity contribution is 0.0937. The van der Waals surface area contributed by atoms with Gasteiger partial charge in [-0.3, -0.25) is 0 Å². The van der Waals surface area contributed by atoms with E-state index in [0.29, 0.717) is 5.75 Å². The number of phenols is 1. The SMILES string of the molecule is C=C1CC(C)(C)N(C(C#N)c2ccc(O)c(OC)c2)N1. The van der Waals surface area contributed by atoms with Crippen LogP contribution in [0.1, 0.15) is 31.9 Å². The number of nitrogens with zero attached hydrogens (tertiary/aromatic N) is 2. The Labute approximate surface area is 119 Å². The highest BCUT2D eigenvalue weighted by Crippen LogP contribution is 2.37. The van der Waals surface area contributed by atoms with Crippen LogP contribution in [0.25, 0.3) is 0 Å². The first kappa shape index (κ1) is 14.2. The second-order valence-electron chi connectivity index (χ2n) is 5.54. The van der Waals surface area contributed by atoms with E-state index in [-0.39, 0.29) is 11.3 Å². The van der Waals surface area contributed by atoms with Gasteiger partial charge in [-0.1, -0.05) is 12.6 Å². The summed E-state index contributed by atoms with van der Waals surface area (Å²) in [7, 11) is 1.49. The van der Waals surface area contributed by atoms with Crippen molar-refractivity contribution in [1.29, 1.82) is 5.26 Å². The second-order valence-corrected chi connectivity index (χ2v) is 5.54. The minimum Gasteiger partial charge on any atom is -0.504 e. The lowest BCUT2D eigenvalue weighted by Gasteiger charge is -2.34. The normalized spacial score (nSPS) is 19.2. The predicted molar refractivity (Wildman–Crippen MR) is 75.8 cm³/mol. The van der Waals surface area contributed by atoms with Crippen molar-refractivity contribution in [3.8, 4) is 17.6 Å². The van der Waals surface area contributed by atoms with E-state index < -0.39 is 6.04 Å². The Kier molecular flexibility index (Phi) is 3.60. The topological polar surface area (TPSA) is 68.5 Å². The predicted octanol–water partition coefficient (Wildman–Crippen LogP) is 2.47. The van der Waals surface area contributed by atoms with Gasteiger partial charge in [-0.15, -0.1) is 0 Å². The molecule has 2 N–H and O–H groups in total. The van der Waals surface area contributed by atoms with E-state index in [9.17, 15) is 10.4 Å². The number of rotatable bonds is 3. The van der Waals surface area contributed by atoms with Gasteiger partial charge in [-0.05, 0) is 31.5 Å². The zero-order chi connectivity index (χ0) is 14.9. The number of hydrogen-bond donors (Lipinski definition) is 2. The Hall–Kier alpha value is -2.19. The van der Waals surface area contributed by atoms with Gasteiger partial charge in [0.15, 0.2) is 11.5 Å². The molecule has 0 aromatic heterocycles. The summed E-state index contributed by atoms with van der Waals surface area (Å²) in [5.41, 5.74) is 4.60.